The molecule has 0 radical (unpaired) electrons. The average molecular weight is 191 g/mol. The lowest BCUT2D eigenvalue weighted by Gasteiger charge is -2.07. The van der Waals surface area contributed by atoms with Crippen molar-refractivity contribution in [1.29, 1.82) is 0 Å². The number of allylic oxidation sites excluding steroid dienone is 1. The largest absolute Gasteiger partial charge is 0.495 e. The highest BCUT2D eigenvalue weighted by atomic mass is 16.5. The third kappa shape index (κ3) is 2.62. The topological polar surface area (TPSA) is 38.3 Å². The molecular formula is C11H13NO2. The monoisotopic (exact) mass is 191 g/mol. The SMILES string of the molecule is C/C=C/C(=O)Nc1ccccc1OC. The van der Waals surface area contributed by atoms with Gasteiger partial charge in [0.25, 0.3) is 0 Å². The smallest absolute Gasteiger partial charge is 0.248 e. The summed E-state index contributed by atoms with van der Waals surface area (Å²) in [5.41, 5.74) is 0.679. The van der Waals surface area contributed by atoms with E-state index in [4.69, 9.17) is 4.74 Å². The minimum Gasteiger partial charge on any atom is -0.495 e. The molecule has 0 aromatic heterocycles. The minimum absolute atomic E-state index is 0.156. The molecular weight excluding hydrogens is 178 g/mol. The van der Waals surface area contributed by atoms with Crippen LogP contribution in [0.15, 0.2) is 36.4 Å². The lowest BCUT2D eigenvalue weighted by molar-refractivity contribution is -0.111. The second-order valence-electron chi connectivity index (χ2n) is 2.69. The van der Waals surface area contributed by atoms with Gasteiger partial charge < -0.3 is 10.1 Å². The Morgan fingerprint density at radius 3 is 2.79 bits per heavy atom. The lowest BCUT2D eigenvalue weighted by atomic mass is 10.3. The molecule has 1 rings (SSSR count). The van der Waals surface area contributed by atoms with Gasteiger partial charge >= 0.3 is 0 Å². The van der Waals surface area contributed by atoms with Crippen LogP contribution < -0.4 is 10.1 Å². The molecule has 0 heterocycles. The number of nitrogens with one attached hydrogen (secondary N) is 1. The number of methoxy groups -OCH3 is 1. The maximum atomic E-state index is 11.2. The Balaban J connectivity index is 2.80. The van der Waals surface area contributed by atoms with E-state index in [9.17, 15) is 4.79 Å². The second-order valence-corrected chi connectivity index (χ2v) is 2.69. The Bertz CT molecular complexity index is 345. The fourth-order valence-electron chi connectivity index (χ4n) is 1.07. The molecule has 3 heteroatoms. The molecule has 0 atom stereocenters. The van der Waals surface area contributed by atoms with Gasteiger partial charge in [-0.2, -0.15) is 0 Å². The Kier molecular flexibility index (Phi) is 3.73. The van der Waals surface area contributed by atoms with Crippen LogP contribution in [0.2, 0.25) is 0 Å². The van der Waals surface area contributed by atoms with E-state index in [0.717, 1.165) is 0 Å². The summed E-state index contributed by atoms with van der Waals surface area (Å²) in [6.07, 6.45) is 3.15. The van der Waals surface area contributed by atoms with Crippen LogP contribution in [0.4, 0.5) is 5.69 Å². The third-order valence-corrected chi connectivity index (χ3v) is 1.68. The number of carbonyl (C=O) groups is 1. The maximum Gasteiger partial charge on any atom is 0.248 e. The third-order valence-electron chi connectivity index (χ3n) is 1.68. The molecule has 74 valence electrons. The minimum atomic E-state index is -0.156. The zero-order chi connectivity index (χ0) is 10.4. The first-order chi connectivity index (χ1) is 6.77. The van der Waals surface area contributed by atoms with Crippen molar-refractivity contribution in [2.75, 3.05) is 12.4 Å². The van der Waals surface area contributed by atoms with Gasteiger partial charge in [-0.25, -0.2) is 0 Å². The molecule has 0 saturated heterocycles. The van der Waals surface area contributed by atoms with Gasteiger partial charge in [-0.1, -0.05) is 18.2 Å². The summed E-state index contributed by atoms with van der Waals surface area (Å²) < 4.78 is 5.09. The maximum absolute atomic E-state index is 11.2. The molecule has 1 aromatic rings. The molecule has 0 spiro atoms. The van der Waals surface area contributed by atoms with Crippen LogP contribution in [0.3, 0.4) is 0 Å². The molecule has 1 amide bonds. The van der Waals surface area contributed by atoms with Gasteiger partial charge in [-0.15, -0.1) is 0 Å². The van der Waals surface area contributed by atoms with Gasteiger partial charge in [0.15, 0.2) is 0 Å². The molecule has 3 nitrogen and oxygen atoms in total. The normalized spacial score (nSPS) is 10.1. The van der Waals surface area contributed by atoms with E-state index in [-0.39, 0.29) is 5.91 Å². The van der Waals surface area contributed by atoms with Crippen LogP contribution in [0.5, 0.6) is 5.75 Å². The fourth-order valence-corrected chi connectivity index (χ4v) is 1.07. The molecule has 0 aliphatic carbocycles. The summed E-state index contributed by atoms with van der Waals surface area (Å²) in [7, 11) is 1.57. The predicted molar refractivity (Wildman–Crippen MR) is 56.4 cm³/mol. The molecule has 0 unspecified atom stereocenters. The number of rotatable bonds is 3. The fraction of sp³-hybridized carbons (Fsp3) is 0.182. The van der Waals surface area contributed by atoms with E-state index < -0.39 is 0 Å². The zero-order valence-electron chi connectivity index (χ0n) is 8.28. The van der Waals surface area contributed by atoms with Crippen LogP contribution in [0.1, 0.15) is 6.92 Å². The first-order valence-corrected chi connectivity index (χ1v) is 4.34. The van der Waals surface area contributed by atoms with Gasteiger partial charge in [0, 0.05) is 0 Å². The van der Waals surface area contributed by atoms with E-state index >= 15 is 0 Å². The summed E-state index contributed by atoms with van der Waals surface area (Å²) in [6, 6.07) is 7.28. The van der Waals surface area contributed by atoms with Crippen molar-refractivity contribution in [3.8, 4) is 5.75 Å². The summed E-state index contributed by atoms with van der Waals surface area (Å²) in [4.78, 5) is 11.2. The van der Waals surface area contributed by atoms with Crippen molar-refractivity contribution in [3.63, 3.8) is 0 Å². The number of carbonyl (C=O) groups excluding carboxylic acids is 1. The van der Waals surface area contributed by atoms with Crippen molar-refractivity contribution >= 4 is 11.6 Å². The van der Waals surface area contributed by atoms with E-state index in [2.05, 4.69) is 5.32 Å². The van der Waals surface area contributed by atoms with E-state index in [1.807, 2.05) is 12.1 Å². The van der Waals surface area contributed by atoms with Crippen LogP contribution in [0.25, 0.3) is 0 Å². The quantitative estimate of drug-likeness (QED) is 0.744. The molecule has 0 aliphatic heterocycles. The van der Waals surface area contributed by atoms with Crippen molar-refractivity contribution < 1.29 is 9.53 Å². The van der Waals surface area contributed by atoms with Gasteiger partial charge in [-0.3, -0.25) is 4.79 Å². The summed E-state index contributed by atoms with van der Waals surface area (Å²) >= 11 is 0. The molecule has 14 heavy (non-hydrogen) atoms. The number of para-hydroxylation sites is 2. The standard InChI is InChI=1S/C11H13NO2/c1-3-6-11(13)12-9-7-4-5-8-10(9)14-2/h3-8H,1-2H3,(H,12,13)/b6-3+. The average Bonchev–Trinajstić information content (AvgIpc) is 2.19. The molecule has 1 N–H and O–H groups in total. The van der Waals surface area contributed by atoms with Crippen molar-refractivity contribution in [1.82, 2.24) is 0 Å². The Morgan fingerprint density at radius 1 is 1.43 bits per heavy atom. The van der Waals surface area contributed by atoms with Crippen molar-refractivity contribution in [2.45, 2.75) is 6.92 Å². The molecule has 0 saturated carbocycles. The molecule has 1 aromatic carbocycles. The summed E-state index contributed by atoms with van der Waals surface area (Å²) in [5.74, 6) is 0.502. The van der Waals surface area contributed by atoms with E-state index in [1.54, 1.807) is 32.2 Å². The van der Waals surface area contributed by atoms with Gasteiger partial charge in [0.05, 0.1) is 12.8 Å². The number of ether oxygens (including phenoxy) is 1. The number of benzene rings is 1. The van der Waals surface area contributed by atoms with Crippen LogP contribution in [-0.4, -0.2) is 13.0 Å². The predicted octanol–water partition coefficient (Wildman–Crippen LogP) is 2.21. The Morgan fingerprint density at radius 2 is 2.14 bits per heavy atom. The van der Waals surface area contributed by atoms with E-state index in [1.165, 1.54) is 6.08 Å². The highest BCUT2D eigenvalue weighted by molar-refractivity contribution is 6.00. The Hall–Kier alpha value is -1.77. The van der Waals surface area contributed by atoms with E-state index in [0.29, 0.717) is 11.4 Å². The van der Waals surface area contributed by atoms with Gasteiger partial charge in [-0.05, 0) is 25.1 Å². The zero-order valence-corrected chi connectivity index (χ0v) is 8.28. The lowest BCUT2D eigenvalue weighted by Crippen LogP contribution is -2.08. The number of amides is 1. The summed E-state index contributed by atoms with van der Waals surface area (Å²) in [6.45, 7) is 1.79. The highest BCUT2D eigenvalue weighted by Gasteiger charge is 2.02. The summed E-state index contributed by atoms with van der Waals surface area (Å²) in [5, 5.41) is 2.71. The molecule has 0 bridgehead atoms. The first kappa shape index (κ1) is 10.3. The first-order valence-electron chi connectivity index (χ1n) is 4.34. The second kappa shape index (κ2) is 5.07. The highest BCUT2D eigenvalue weighted by Crippen LogP contribution is 2.22. The molecule has 0 aliphatic rings. The van der Waals surface area contributed by atoms with Crippen LogP contribution in [-0.2, 0) is 4.79 Å². The number of anilines is 1. The van der Waals surface area contributed by atoms with Gasteiger partial charge in [0.2, 0.25) is 5.91 Å². The van der Waals surface area contributed by atoms with Gasteiger partial charge in [0.1, 0.15) is 5.75 Å². The van der Waals surface area contributed by atoms with Crippen molar-refractivity contribution in [3.05, 3.63) is 36.4 Å². The number of hydrogen-bond donors (Lipinski definition) is 1. The van der Waals surface area contributed by atoms with Crippen LogP contribution in [0, 0.1) is 0 Å². The van der Waals surface area contributed by atoms with Crippen molar-refractivity contribution in [2.24, 2.45) is 0 Å². The molecule has 0 fully saturated rings. The number of hydrogen-bond acceptors (Lipinski definition) is 2. The van der Waals surface area contributed by atoms with Crippen LogP contribution >= 0.6 is 0 Å². The Labute approximate surface area is 83.4 Å².